The number of furan rings is 2. The van der Waals surface area contributed by atoms with Gasteiger partial charge in [-0.05, 0) is 137 Å². The SMILES string of the molecule is Cc1cc(C)c(B2c3cc4oc5cc(C)ccc5c4cc3N3c4cccc5c4N(c4cc6c(cc4B5c4c(C)cc(C)cc4C)oc4cc(C)ccc46)c4cccc2c43)c(C)c1. The van der Waals surface area contributed by atoms with Crippen LogP contribution in [0.4, 0.5) is 34.1 Å². The zero-order chi connectivity index (χ0) is 42.0. The molecule has 0 aliphatic carbocycles. The summed E-state index contributed by atoms with van der Waals surface area (Å²) < 4.78 is 13.5. The molecule has 0 radical (unpaired) electrons. The van der Waals surface area contributed by atoms with E-state index < -0.39 is 0 Å². The summed E-state index contributed by atoms with van der Waals surface area (Å²) in [5.41, 5.74) is 29.0. The first kappa shape index (κ1) is 35.8. The highest BCUT2D eigenvalue weighted by Gasteiger charge is 2.47. The van der Waals surface area contributed by atoms with Crippen LogP contribution in [-0.4, -0.2) is 13.4 Å². The zero-order valence-corrected chi connectivity index (χ0v) is 36.4. The first-order chi connectivity index (χ1) is 30.0. The lowest BCUT2D eigenvalue weighted by Crippen LogP contribution is -2.61. The van der Waals surface area contributed by atoms with Crippen molar-refractivity contribution in [2.45, 2.75) is 55.4 Å². The topological polar surface area (TPSA) is 32.8 Å². The average molecular weight is 799 g/mol. The third-order valence-corrected chi connectivity index (χ3v) is 14.4. The van der Waals surface area contributed by atoms with E-state index in [2.05, 4.69) is 187 Å². The molecular formula is C56H44B2N2O2. The molecule has 8 aromatic carbocycles. The quantitative estimate of drug-likeness (QED) is 0.163. The predicted octanol–water partition coefficient (Wildman–Crippen LogP) is 10.9. The number of rotatable bonds is 2. The lowest BCUT2D eigenvalue weighted by molar-refractivity contribution is 0.668. The molecule has 10 aromatic rings. The first-order valence-electron chi connectivity index (χ1n) is 22.0. The minimum absolute atomic E-state index is 0.0146. The number of fused-ring (bicyclic) bond motifs is 12. The molecule has 4 nitrogen and oxygen atoms in total. The van der Waals surface area contributed by atoms with Crippen molar-refractivity contribution in [3.63, 3.8) is 0 Å². The fourth-order valence-electron chi connectivity index (χ4n) is 12.1. The molecule has 0 amide bonds. The van der Waals surface area contributed by atoms with Gasteiger partial charge in [-0.25, -0.2) is 0 Å². The second kappa shape index (κ2) is 12.4. The summed E-state index contributed by atoms with van der Waals surface area (Å²) in [5.74, 6) is 0. The third kappa shape index (κ3) is 4.70. The highest BCUT2D eigenvalue weighted by atomic mass is 16.3. The molecule has 5 heterocycles. The maximum atomic E-state index is 6.75. The Kier molecular flexibility index (Phi) is 7.13. The number of aryl methyl sites for hydroxylation is 8. The molecule has 2 aromatic heterocycles. The molecule has 13 rings (SSSR count). The van der Waals surface area contributed by atoms with E-state index in [-0.39, 0.29) is 13.4 Å². The van der Waals surface area contributed by atoms with Crippen molar-refractivity contribution in [1.29, 1.82) is 0 Å². The molecule has 0 bridgehead atoms. The fraction of sp³-hybridized carbons (Fsp3) is 0.143. The molecule has 6 heteroatoms. The number of hydrogen-bond acceptors (Lipinski definition) is 4. The standard InChI is InChI=1S/C56H44B2N2O2/c1-29-15-17-37-39-25-47-43(27-51(39)61-49(37)23-29)57(53-33(5)19-31(3)20-34(53)6)41-11-9-14-46-55(41)59(47)45-13-10-12-42-56(45)60(46)48-26-40-38-18-16-30(2)24-50(38)62-52(40)28-44(48)58(42)54-35(7)21-32(4)22-36(54)8/h9-28H,1-8H3. The molecule has 0 spiro atoms. The summed E-state index contributed by atoms with van der Waals surface area (Å²) in [6.45, 7) is 17.8. The van der Waals surface area contributed by atoms with Gasteiger partial charge in [0.15, 0.2) is 0 Å². The number of nitrogens with zero attached hydrogens (tertiary/aromatic N) is 2. The van der Waals surface area contributed by atoms with Crippen molar-refractivity contribution in [2.75, 3.05) is 9.80 Å². The van der Waals surface area contributed by atoms with E-state index in [1.807, 2.05) is 0 Å². The van der Waals surface area contributed by atoms with Crippen LogP contribution < -0.4 is 42.6 Å². The Morgan fingerprint density at radius 3 is 1.13 bits per heavy atom. The Morgan fingerprint density at radius 1 is 0.339 bits per heavy atom. The molecule has 3 aliphatic heterocycles. The summed E-state index contributed by atoms with van der Waals surface area (Å²) in [6, 6.07) is 46.2. The van der Waals surface area contributed by atoms with Gasteiger partial charge in [-0.15, -0.1) is 0 Å². The molecular weight excluding hydrogens is 754 g/mol. The van der Waals surface area contributed by atoms with Gasteiger partial charge in [-0.2, -0.15) is 0 Å². The second-order valence-electron chi connectivity index (χ2n) is 18.6. The van der Waals surface area contributed by atoms with Gasteiger partial charge in [-0.1, -0.05) is 117 Å². The van der Waals surface area contributed by atoms with Crippen LogP contribution in [0, 0.1) is 55.4 Å². The molecule has 0 saturated heterocycles. The zero-order valence-electron chi connectivity index (χ0n) is 36.4. The van der Waals surface area contributed by atoms with Crippen molar-refractivity contribution in [2.24, 2.45) is 0 Å². The smallest absolute Gasteiger partial charge is 0.247 e. The highest BCUT2D eigenvalue weighted by molar-refractivity contribution is 7.00. The molecule has 296 valence electrons. The van der Waals surface area contributed by atoms with E-state index in [0.29, 0.717) is 0 Å². The Bertz CT molecular complexity index is 3380. The summed E-state index contributed by atoms with van der Waals surface area (Å²) in [6.07, 6.45) is 0. The fourth-order valence-corrected chi connectivity index (χ4v) is 12.1. The van der Waals surface area contributed by atoms with E-state index in [1.54, 1.807) is 0 Å². The van der Waals surface area contributed by atoms with Crippen LogP contribution in [0.1, 0.15) is 44.5 Å². The maximum Gasteiger partial charge on any atom is 0.247 e. The molecule has 0 fully saturated rings. The minimum Gasteiger partial charge on any atom is -0.456 e. The monoisotopic (exact) mass is 798 g/mol. The molecule has 0 atom stereocenters. The molecule has 3 aliphatic rings. The normalized spacial score (nSPS) is 13.7. The van der Waals surface area contributed by atoms with E-state index in [1.165, 1.54) is 111 Å². The van der Waals surface area contributed by atoms with Crippen molar-refractivity contribution in [3.05, 3.63) is 166 Å². The highest BCUT2D eigenvalue weighted by Crippen LogP contribution is 2.56. The van der Waals surface area contributed by atoms with Gasteiger partial charge in [0.2, 0.25) is 13.4 Å². The lowest BCUT2D eigenvalue weighted by Gasteiger charge is -2.49. The van der Waals surface area contributed by atoms with E-state index in [0.717, 1.165) is 43.9 Å². The maximum absolute atomic E-state index is 6.75. The number of para-hydroxylation sites is 2. The largest absolute Gasteiger partial charge is 0.456 e. The number of anilines is 6. The first-order valence-corrected chi connectivity index (χ1v) is 22.0. The average Bonchev–Trinajstić information content (AvgIpc) is 3.76. The van der Waals surface area contributed by atoms with E-state index in [9.17, 15) is 0 Å². The van der Waals surface area contributed by atoms with Crippen molar-refractivity contribution >= 4 is 124 Å². The minimum atomic E-state index is -0.0146. The molecule has 0 N–H and O–H groups in total. The van der Waals surface area contributed by atoms with Crippen LogP contribution in [0.3, 0.4) is 0 Å². The Morgan fingerprint density at radius 2 is 0.726 bits per heavy atom. The molecule has 0 unspecified atom stereocenters. The Labute approximate surface area is 362 Å². The Hall–Kier alpha value is -6.91. The van der Waals surface area contributed by atoms with Crippen LogP contribution in [-0.2, 0) is 0 Å². The van der Waals surface area contributed by atoms with Crippen LogP contribution in [0.5, 0.6) is 0 Å². The van der Waals surface area contributed by atoms with Gasteiger partial charge in [0.25, 0.3) is 0 Å². The summed E-state index contributed by atoms with van der Waals surface area (Å²) >= 11 is 0. The van der Waals surface area contributed by atoms with Gasteiger partial charge in [-0.3, -0.25) is 0 Å². The summed E-state index contributed by atoms with van der Waals surface area (Å²) in [7, 11) is 0. The Balaban J connectivity index is 1.17. The number of hydrogen-bond donors (Lipinski definition) is 0. The third-order valence-electron chi connectivity index (χ3n) is 14.4. The number of benzene rings is 8. The van der Waals surface area contributed by atoms with Gasteiger partial charge in [0.1, 0.15) is 22.3 Å². The van der Waals surface area contributed by atoms with Crippen molar-refractivity contribution in [3.8, 4) is 0 Å². The second-order valence-corrected chi connectivity index (χ2v) is 18.6. The molecule has 62 heavy (non-hydrogen) atoms. The van der Waals surface area contributed by atoms with Crippen LogP contribution >= 0.6 is 0 Å². The predicted molar refractivity (Wildman–Crippen MR) is 264 cm³/mol. The van der Waals surface area contributed by atoms with Gasteiger partial charge < -0.3 is 18.6 Å². The van der Waals surface area contributed by atoms with Gasteiger partial charge >= 0.3 is 0 Å². The van der Waals surface area contributed by atoms with E-state index >= 15 is 0 Å². The summed E-state index contributed by atoms with van der Waals surface area (Å²) in [5, 5.41) is 4.57. The van der Waals surface area contributed by atoms with Gasteiger partial charge in [0.05, 0.1) is 22.7 Å². The van der Waals surface area contributed by atoms with Crippen LogP contribution in [0.2, 0.25) is 0 Å². The summed E-state index contributed by atoms with van der Waals surface area (Å²) in [4.78, 5) is 5.20. The van der Waals surface area contributed by atoms with Crippen molar-refractivity contribution < 1.29 is 8.83 Å². The van der Waals surface area contributed by atoms with Crippen molar-refractivity contribution in [1.82, 2.24) is 0 Å². The van der Waals surface area contributed by atoms with Gasteiger partial charge in [0, 0.05) is 32.9 Å². The van der Waals surface area contributed by atoms with Crippen LogP contribution in [0.15, 0.2) is 130 Å². The van der Waals surface area contributed by atoms with Crippen LogP contribution in [0.25, 0.3) is 43.9 Å². The van der Waals surface area contributed by atoms with E-state index in [4.69, 9.17) is 8.83 Å². The molecule has 0 saturated carbocycles. The lowest BCUT2D eigenvalue weighted by atomic mass is 9.33.